The lowest BCUT2D eigenvalue weighted by atomic mass is 9.90. The Hall–Kier alpha value is -5.82. The van der Waals surface area contributed by atoms with Gasteiger partial charge in [0.2, 0.25) is 23.6 Å². The van der Waals surface area contributed by atoms with E-state index in [1.54, 1.807) is 64.1 Å². The standard InChI is InChI=1S/C49H76N6O13/c1-13-30(5)41-44(59)52-35(10)48(63)68-42(31(6)14-2)33(8)38(67-49(64)50-22-24-65-25-23-56)21-20-32(7)47(62)66-39(26-29(3)4)43(58)51-34(9)45(60)55(12)37(27-36-18-16-15-17-19-36)46(61)54(11)28-40(57)53-41/h14-20,29-30,33-35,37-39,41-42,56H,13,21-28H2,1-12H3,(H,50,64)(H,51,58)(H,52,59)(H,53,57)/b31-14+,32-20+/t30-,33+,34+,35-,37-,38+,39-,41+,42-/m1/s1. The van der Waals surface area contributed by atoms with Gasteiger partial charge in [-0.05, 0) is 64.0 Å². The summed E-state index contributed by atoms with van der Waals surface area (Å²) in [6.45, 7) is 16.3. The van der Waals surface area contributed by atoms with Crippen molar-refractivity contribution < 1.29 is 62.4 Å². The third-order valence-corrected chi connectivity index (χ3v) is 11.8. The van der Waals surface area contributed by atoms with Crippen LogP contribution in [-0.4, -0.2) is 152 Å². The van der Waals surface area contributed by atoms with Crippen molar-refractivity contribution >= 4 is 47.6 Å². The summed E-state index contributed by atoms with van der Waals surface area (Å²) in [5, 5.41) is 19.6. The molecule has 1 aliphatic rings. The van der Waals surface area contributed by atoms with Gasteiger partial charge in [-0.2, -0.15) is 0 Å². The topological polar surface area (TPSA) is 248 Å². The molecule has 0 spiro atoms. The number of nitrogens with zero attached hydrogens (tertiary/aromatic N) is 2. The van der Waals surface area contributed by atoms with Crippen molar-refractivity contribution in [2.24, 2.45) is 17.8 Å². The number of cyclic esters (lactones) is 2. The fourth-order valence-electron chi connectivity index (χ4n) is 7.26. The van der Waals surface area contributed by atoms with Crippen molar-refractivity contribution in [1.82, 2.24) is 31.1 Å². The Balaban J connectivity index is 2.70. The predicted octanol–water partition coefficient (Wildman–Crippen LogP) is 2.98. The zero-order valence-electron chi connectivity index (χ0n) is 41.9. The number of carbonyl (C=O) groups excluding carboxylic acids is 8. The normalized spacial score (nSPS) is 26.4. The molecule has 0 aliphatic carbocycles. The molecule has 5 N–H and O–H groups in total. The summed E-state index contributed by atoms with van der Waals surface area (Å²) in [4.78, 5) is 113. The van der Waals surface area contributed by atoms with Gasteiger partial charge in [0.05, 0.1) is 26.4 Å². The van der Waals surface area contributed by atoms with E-state index >= 15 is 0 Å². The highest BCUT2D eigenvalue weighted by molar-refractivity contribution is 5.96. The van der Waals surface area contributed by atoms with Gasteiger partial charge < -0.3 is 55.1 Å². The third kappa shape index (κ3) is 18.7. The Bertz CT molecular complexity index is 1920. The van der Waals surface area contributed by atoms with Gasteiger partial charge >= 0.3 is 18.0 Å². The number of aliphatic hydroxyl groups is 1. The highest BCUT2D eigenvalue weighted by Gasteiger charge is 2.37. The minimum Gasteiger partial charge on any atom is -0.456 e. The third-order valence-electron chi connectivity index (χ3n) is 11.8. The summed E-state index contributed by atoms with van der Waals surface area (Å²) in [7, 11) is 2.82. The molecule has 0 fully saturated rings. The maximum absolute atomic E-state index is 14.2. The number of ether oxygens (including phenoxy) is 4. The summed E-state index contributed by atoms with van der Waals surface area (Å²) in [6, 6.07) is 4.27. The number of benzene rings is 1. The van der Waals surface area contributed by atoms with Gasteiger partial charge in [-0.1, -0.05) is 83.5 Å². The summed E-state index contributed by atoms with van der Waals surface area (Å²) >= 11 is 0. The minimum absolute atomic E-state index is 0.0473. The molecule has 0 unspecified atom stereocenters. The van der Waals surface area contributed by atoms with E-state index < -0.39 is 108 Å². The molecule has 0 aromatic heterocycles. The molecule has 9 atom stereocenters. The monoisotopic (exact) mass is 957 g/mol. The van der Waals surface area contributed by atoms with Gasteiger partial charge in [-0.15, -0.1) is 0 Å². The van der Waals surface area contributed by atoms with E-state index in [0.29, 0.717) is 12.0 Å². The van der Waals surface area contributed by atoms with E-state index in [2.05, 4.69) is 21.3 Å². The smallest absolute Gasteiger partial charge is 0.407 e. The molecule has 2 rings (SSSR count). The lowest BCUT2D eigenvalue weighted by molar-refractivity contribution is -0.155. The van der Waals surface area contributed by atoms with E-state index in [1.807, 2.05) is 20.8 Å². The van der Waals surface area contributed by atoms with Crippen LogP contribution in [0.4, 0.5) is 4.79 Å². The molecule has 19 nitrogen and oxygen atoms in total. The Kier molecular flexibility index (Phi) is 25.0. The van der Waals surface area contributed by atoms with Crippen LogP contribution < -0.4 is 21.3 Å². The summed E-state index contributed by atoms with van der Waals surface area (Å²) in [5.74, 6) is -6.31. The summed E-state index contributed by atoms with van der Waals surface area (Å²) < 4.78 is 22.9. The molecular formula is C49H76N6O13. The first-order valence-electron chi connectivity index (χ1n) is 23.4. The Morgan fingerprint density at radius 2 is 1.57 bits per heavy atom. The number of aliphatic hydroxyl groups excluding tert-OH is 1. The van der Waals surface area contributed by atoms with E-state index in [0.717, 1.165) is 10.5 Å². The van der Waals surface area contributed by atoms with Gasteiger partial charge in [-0.3, -0.25) is 24.0 Å². The maximum atomic E-state index is 14.2. The van der Waals surface area contributed by atoms with Gasteiger partial charge in [-0.25, -0.2) is 14.4 Å². The van der Waals surface area contributed by atoms with E-state index in [9.17, 15) is 38.4 Å². The number of esters is 2. The number of alkyl carbamates (subject to hydrolysis) is 1. The van der Waals surface area contributed by atoms with Crippen molar-refractivity contribution in [2.45, 2.75) is 137 Å². The quantitative estimate of drug-likeness (QED) is 0.0827. The first kappa shape index (κ1) is 58.3. The average molecular weight is 957 g/mol. The number of hydrogen-bond donors (Lipinski definition) is 5. The van der Waals surface area contributed by atoms with Crippen LogP contribution in [-0.2, 0) is 58.9 Å². The molecule has 0 radical (unpaired) electrons. The average Bonchev–Trinajstić information content (AvgIpc) is 3.30. The van der Waals surface area contributed by atoms with Crippen LogP contribution in [0.3, 0.4) is 0 Å². The van der Waals surface area contributed by atoms with Gasteiger partial charge in [0, 0.05) is 45.0 Å². The van der Waals surface area contributed by atoms with E-state index in [1.165, 1.54) is 45.8 Å². The molecule has 68 heavy (non-hydrogen) atoms. The van der Waals surface area contributed by atoms with Crippen LogP contribution in [0, 0.1) is 17.8 Å². The fourth-order valence-corrected chi connectivity index (χ4v) is 7.26. The summed E-state index contributed by atoms with van der Waals surface area (Å²) in [5.41, 5.74) is 1.37. The van der Waals surface area contributed by atoms with Crippen molar-refractivity contribution in [2.75, 3.05) is 47.0 Å². The molecule has 1 aromatic carbocycles. The van der Waals surface area contributed by atoms with E-state index in [4.69, 9.17) is 24.1 Å². The number of hydrogen-bond acceptors (Lipinski definition) is 13. The fraction of sp³-hybridized carbons (Fsp3) is 0.633. The predicted molar refractivity (Wildman–Crippen MR) is 253 cm³/mol. The SMILES string of the molecule is C/C=C(\C)[C@H]1OC(=O)[C@@H](C)NC(=O)[C@H]([C@H](C)CC)NC(=O)CN(C)C(=O)[C@@H](Cc2ccccc2)N(C)C(=O)[C@H](C)NC(=O)[C@@H](CC(C)C)OC(=O)/C(C)=C/C[C@H](OC(=O)NCCOCCO)[C@@H]1C. The molecule has 0 bridgehead atoms. The van der Waals surface area contributed by atoms with Crippen molar-refractivity contribution in [1.29, 1.82) is 0 Å². The first-order chi connectivity index (χ1) is 32.1. The molecule has 380 valence electrons. The number of carbonyl (C=O) groups is 8. The van der Waals surface area contributed by atoms with Crippen LogP contribution in [0.25, 0.3) is 0 Å². The Labute approximate surface area is 401 Å². The molecule has 1 aromatic rings. The Morgan fingerprint density at radius 1 is 0.926 bits per heavy atom. The zero-order valence-corrected chi connectivity index (χ0v) is 41.9. The maximum Gasteiger partial charge on any atom is 0.407 e. The number of likely N-dealkylation sites (N-methyl/N-ethyl adjacent to an activating group) is 2. The minimum atomic E-state index is -1.33. The largest absolute Gasteiger partial charge is 0.456 e. The van der Waals surface area contributed by atoms with Gasteiger partial charge in [0.15, 0.2) is 6.10 Å². The van der Waals surface area contributed by atoms with Crippen LogP contribution in [0.5, 0.6) is 0 Å². The van der Waals surface area contributed by atoms with Crippen LogP contribution in [0.2, 0.25) is 0 Å². The van der Waals surface area contributed by atoms with Crippen LogP contribution in [0.15, 0.2) is 53.6 Å². The molecule has 6 amide bonds. The first-order valence-corrected chi connectivity index (χ1v) is 23.4. The lowest BCUT2D eigenvalue weighted by Gasteiger charge is -2.33. The molecule has 19 heteroatoms. The van der Waals surface area contributed by atoms with Crippen molar-refractivity contribution in [3.05, 3.63) is 59.2 Å². The lowest BCUT2D eigenvalue weighted by Crippen LogP contribution is -2.57. The second-order valence-corrected chi connectivity index (χ2v) is 17.8. The number of amides is 6. The highest BCUT2D eigenvalue weighted by Crippen LogP contribution is 2.26. The highest BCUT2D eigenvalue weighted by atomic mass is 16.6. The second-order valence-electron chi connectivity index (χ2n) is 17.8. The zero-order chi connectivity index (χ0) is 51.2. The summed E-state index contributed by atoms with van der Waals surface area (Å²) in [6.07, 6.45) is -0.480. The Morgan fingerprint density at radius 3 is 2.18 bits per heavy atom. The van der Waals surface area contributed by atoms with Crippen molar-refractivity contribution in [3.8, 4) is 0 Å². The number of rotatable bonds is 13. The number of allylic oxidation sites excluding steroid dienone is 1. The molecule has 1 aliphatic heterocycles. The molecule has 1 heterocycles. The molecule has 0 saturated heterocycles. The van der Waals surface area contributed by atoms with Crippen molar-refractivity contribution in [3.63, 3.8) is 0 Å². The molecular weight excluding hydrogens is 881 g/mol. The van der Waals surface area contributed by atoms with Crippen LogP contribution in [0.1, 0.15) is 94.1 Å². The van der Waals surface area contributed by atoms with Gasteiger partial charge in [0.1, 0.15) is 36.4 Å². The van der Waals surface area contributed by atoms with E-state index in [-0.39, 0.29) is 57.1 Å². The van der Waals surface area contributed by atoms with Crippen LogP contribution >= 0.6 is 0 Å². The molecule has 0 saturated carbocycles. The van der Waals surface area contributed by atoms with Gasteiger partial charge in [0.25, 0.3) is 5.91 Å². The second kappa shape index (κ2) is 29.2. The number of nitrogens with one attached hydrogen (secondary N) is 4.